The van der Waals surface area contributed by atoms with E-state index in [9.17, 15) is 21.6 Å². The number of carbonyl (C=O) groups excluding carboxylic acids is 1. The normalized spacial score (nSPS) is 15.6. The Labute approximate surface area is 208 Å². The molecule has 1 fully saturated rings. The molecule has 1 aliphatic rings. The van der Waals surface area contributed by atoms with E-state index in [1.54, 1.807) is 19.1 Å². The van der Waals surface area contributed by atoms with Crippen LogP contribution in [-0.2, 0) is 24.8 Å². The van der Waals surface area contributed by atoms with Gasteiger partial charge in [0.2, 0.25) is 26.0 Å². The average Bonchev–Trinajstić information content (AvgIpc) is 3.34. The first-order valence-corrected chi connectivity index (χ1v) is 14.7. The molecule has 0 radical (unpaired) electrons. The molecule has 1 heterocycles. The lowest BCUT2D eigenvalue weighted by Gasteiger charge is -2.30. The highest BCUT2D eigenvalue weighted by atomic mass is 32.2. The molecule has 2 aromatic rings. The number of methoxy groups -OCH3 is 1. The van der Waals surface area contributed by atoms with Gasteiger partial charge in [-0.2, -0.15) is 4.31 Å². The van der Waals surface area contributed by atoms with E-state index >= 15 is 0 Å². The molecule has 11 heteroatoms. The molecule has 0 aliphatic carbocycles. The van der Waals surface area contributed by atoms with Gasteiger partial charge >= 0.3 is 0 Å². The molecule has 1 aliphatic heterocycles. The quantitative estimate of drug-likeness (QED) is 0.540. The fourth-order valence-electron chi connectivity index (χ4n) is 4.16. The number of nitrogens with one attached hydrogen (secondary N) is 1. The summed E-state index contributed by atoms with van der Waals surface area (Å²) >= 11 is 0. The van der Waals surface area contributed by atoms with Crippen molar-refractivity contribution in [3.8, 4) is 5.75 Å². The van der Waals surface area contributed by atoms with Gasteiger partial charge in [0.1, 0.15) is 11.8 Å². The van der Waals surface area contributed by atoms with Crippen molar-refractivity contribution in [2.24, 2.45) is 0 Å². The van der Waals surface area contributed by atoms with Crippen molar-refractivity contribution in [3.63, 3.8) is 0 Å². The van der Waals surface area contributed by atoms with Gasteiger partial charge in [0.05, 0.1) is 29.6 Å². The zero-order valence-corrected chi connectivity index (χ0v) is 22.4. The first kappa shape index (κ1) is 27.0. The summed E-state index contributed by atoms with van der Waals surface area (Å²) < 4.78 is 59.5. The van der Waals surface area contributed by atoms with Crippen LogP contribution in [0.2, 0.25) is 0 Å². The lowest BCUT2D eigenvalue weighted by atomic mass is 10.1. The Kier molecular flexibility index (Phi) is 8.13. The smallest absolute Gasteiger partial charge is 0.248 e. The van der Waals surface area contributed by atoms with Crippen LogP contribution in [0.15, 0.2) is 41.3 Å². The van der Waals surface area contributed by atoms with Gasteiger partial charge in [0.15, 0.2) is 0 Å². The molecule has 0 saturated carbocycles. The summed E-state index contributed by atoms with van der Waals surface area (Å²) in [7, 11) is -6.12. The summed E-state index contributed by atoms with van der Waals surface area (Å²) in [6.07, 6.45) is 2.86. The molecule has 3 rings (SSSR count). The first-order chi connectivity index (χ1) is 16.4. The molecule has 1 amide bonds. The zero-order valence-electron chi connectivity index (χ0n) is 20.7. The van der Waals surface area contributed by atoms with E-state index in [0.29, 0.717) is 18.8 Å². The Bertz CT molecular complexity index is 1300. The van der Waals surface area contributed by atoms with Crippen LogP contribution in [0, 0.1) is 13.8 Å². The first-order valence-electron chi connectivity index (χ1n) is 11.5. The number of anilines is 2. The van der Waals surface area contributed by atoms with E-state index in [-0.39, 0.29) is 22.8 Å². The maximum absolute atomic E-state index is 13.4. The third kappa shape index (κ3) is 5.79. The summed E-state index contributed by atoms with van der Waals surface area (Å²) in [5.74, 6) is -0.323. The van der Waals surface area contributed by atoms with E-state index in [2.05, 4.69) is 5.32 Å². The third-order valence-corrected chi connectivity index (χ3v) is 9.28. The van der Waals surface area contributed by atoms with E-state index < -0.39 is 32.0 Å². The van der Waals surface area contributed by atoms with Crippen molar-refractivity contribution in [2.45, 2.75) is 51.0 Å². The molecular formula is C24H33N3O6S2. The predicted molar refractivity (Wildman–Crippen MR) is 137 cm³/mol. The second-order valence-electron chi connectivity index (χ2n) is 8.71. The maximum atomic E-state index is 13.4. The van der Waals surface area contributed by atoms with Crippen LogP contribution in [0.3, 0.4) is 0 Å². The predicted octanol–water partition coefficient (Wildman–Crippen LogP) is 3.28. The van der Waals surface area contributed by atoms with E-state index in [0.717, 1.165) is 34.5 Å². The summed E-state index contributed by atoms with van der Waals surface area (Å²) in [6.45, 7) is 6.41. The van der Waals surface area contributed by atoms with Crippen molar-refractivity contribution in [1.82, 2.24) is 4.31 Å². The zero-order chi connectivity index (χ0) is 26.0. The number of amides is 1. The molecule has 1 saturated heterocycles. The molecule has 2 aromatic carbocycles. The SMILES string of the molecule is CC[C@@H](C(=O)Nc1cc(S(=O)(=O)N2CCCC2)ccc1OC)N(c1ccc(C)c(C)c1)S(C)(=O)=O. The topological polar surface area (TPSA) is 113 Å². The maximum Gasteiger partial charge on any atom is 0.248 e. The fourth-order valence-corrected chi connectivity index (χ4v) is 6.91. The summed E-state index contributed by atoms with van der Waals surface area (Å²) in [4.78, 5) is 13.4. The van der Waals surface area contributed by atoms with Crippen LogP contribution in [-0.4, -0.2) is 59.5 Å². The largest absolute Gasteiger partial charge is 0.495 e. The molecule has 0 bridgehead atoms. The Morgan fingerprint density at radius 3 is 2.26 bits per heavy atom. The highest BCUT2D eigenvalue weighted by Crippen LogP contribution is 2.31. The Morgan fingerprint density at radius 2 is 1.71 bits per heavy atom. The van der Waals surface area contributed by atoms with Crippen LogP contribution in [0.1, 0.15) is 37.3 Å². The number of hydrogen-bond donors (Lipinski definition) is 1. The molecule has 0 unspecified atom stereocenters. The van der Waals surface area contributed by atoms with Gasteiger partial charge in [-0.3, -0.25) is 9.10 Å². The summed E-state index contributed by atoms with van der Waals surface area (Å²) in [5, 5.41) is 2.71. The highest BCUT2D eigenvalue weighted by Gasteiger charge is 2.33. The van der Waals surface area contributed by atoms with Gasteiger partial charge in [-0.05, 0) is 74.6 Å². The van der Waals surface area contributed by atoms with Gasteiger partial charge in [-0.25, -0.2) is 16.8 Å². The van der Waals surface area contributed by atoms with Crippen LogP contribution in [0.4, 0.5) is 11.4 Å². The average molecular weight is 524 g/mol. The summed E-state index contributed by atoms with van der Waals surface area (Å²) in [6, 6.07) is 8.44. The second-order valence-corrected chi connectivity index (χ2v) is 12.5. The van der Waals surface area contributed by atoms with E-state index in [4.69, 9.17) is 4.74 Å². The van der Waals surface area contributed by atoms with Crippen molar-refractivity contribution in [2.75, 3.05) is 36.1 Å². The number of carbonyl (C=O) groups is 1. The molecule has 9 nitrogen and oxygen atoms in total. The minimum Gasteiger partial charge on any atom is -0.495 e. The van der Waals surface area contributed by atoms with Crippen molar-refractivity contribution < 1.29 is 26.4 Å². The van der Waals surface area contributed by atoms with Crippen molar-refractivity contribution in [1.29, 1.82) is 0 Å². The summed E-state index contributed by atoms with van der Waals surface area (Å²) in [5.41, 5.74) is 2.44. The van der Waals surface area contributed by atoms with Crippen LogP contribution >= 0.6 is 0 Å². The number of aryl methyl sites for hydroxylation is 2. The number of ether oxygens (including phenoxy) is 1. The lowest BCUT2D eigenvalue weighted by molar-refractivity contribution is -0.117. The minimum absolute atomic E-state index is 0.0395. The number of benzene rings is 2. The Morgan fingerprint density at radius 1 is 1.06 bits per heavy atom. The molecule has 192 valence electrons. The van der Waals surface area contributed by atoms with Gasteiger partial charge in [-0.15, -0.1) is 0 Å². The van der Waals surface area contributed by atoms with Gasteiger partial charge in [0, 0.05) is 13.1 Å². The van der Waals surface area contributed by atoms with Gasteiger partial charge in [0.25, 0.3) is 0 Å². The number of hydrogen-bond acceptors (Lipinski definition) is 6. The van der Waals surface area contributed by atoms with Crippen molar-refractivity contribution in [3.05, 3.63) is 47.5 Å². The molecule has 0 spiro atoms. The van der Waals surface area contributed by atoms with Crippen LogP contribution in [0.5, 0.6) is 5.75 Å². The molecule has 0 aromatic heterocycles. The van der Waals surface area contributed by atoms with Gasteiger partial charge in [-0.1, -0.05) is 13.0 Å². The molecule has 1 N–H and O–H groups in total. The molecule has 1 atom stereocenters. The van der Waals surface area contributed by atoms with E-state index in [1.807, 2.05) is 19.9 Å². The monoisotopic (exact) mass is 523 g/mol. The third-order valence-electron chi connectivity index (χ3n) is 6.21. The van der Waals surface area contributed by atoms with Crippen LogP contribution < -0.4 is 14.4 Å². The fraction of sp³-hybridized carbons (Fsp3) is 0.458. The number of rotatable bonds is 9. The number of sulfonamides is 2. The van der Waals surface area contributed by atoms with Crippen molar-refractivity contribution >= 4 is 37.3 Å². The number of nitrogens with zero attached hydrogens (tertiary/aromatic N) is 2. The van der Waals surface area contributed by atoms with Crippen LogP contribution in [0.25, 0.3) is 0 Å². The molecular weight excluding hydrogens is 490 g/mol. The highest BCUT2D eigenvalue weighted by molar-refractivity contribution is 7.92. The Balaban J connectivity index is 1.98. The Hall–Kier alpha value is -2.63. The second kappa shape index (κ2) is 10.5. The molecule has 35 heavy (non-hydrogen) atoms. The lowest BCUT2D eigenvalue weighted by Crippen LogP contribution is -2.47. The standard InChI is InChI=1S/C24H33N3O6S2/c1-6-22(27(34(5,29)30)19-10-9-17(2)18(3)15-19)24(28)25-21-16-20(11-12-23(21)33-4)35(31,32)26-13-7-8-14-26/h9-12,15-16,22H,6-8,13-14H2,1-5H3,(H,25,28)/t22-/m0/s1. The minimum atomic E-state index is -3.82. The van der Waals surface area contributed by atoms with E-state index in [1.165, 1.54) is 29.6 Å². The van der Waals surface area contributed by atoms with Gasteiger partial charge < -0.3 is 10.1 Å².